The molecule has 0 aromatic heterocycles. The number of rotatable bonds is 4. The molecule has 1 aromatic rings. The zero-order valence-electron chi connectivity index (χ0n) is 8.92. The molecule has 16 heavy (non-hydrogen) atoms. The number of amides is 2. The lowest BCUT2D eigenvalue weighted by atomic mass is 10.2. The van der Waals surface area contributed by atoms with Crippen molar-refractivity contribution in [2.75, 3.05) is 11.2 Å². The zero-order valence-corrected chi connectivity index (χ0v) is 9.67. The Labute approximate surface area is 99.0 Å². The smallest absolute Gasteiger partial charge is 0.239 e. The van der Waals surface area contributed by atoms with Gasteiger partial charge in [-0.2, -0.15) is 0 Å². The maximum atomic E-state index is 11.0. The van der Waals surface area contributed by atoms with Crippen molar-refractivity contribution in [3.63, 3.8) is 0 Å². The first-order valence-electron chi connectivity index (χ1n) is 4.81. The molecule has 0 saturated carbocycles. The third-order valence-electron chi connectivity index (χ3n) is 1.90. The number of hydrogen-bond donors (Lipinski definition) is 2. The summed E-state index contributed by atoms with van der Waals surface area (Å²) in [6.45, 7) is 1.95. The van der Waals surface area contributed by atoms with Crippen molar-refractivity contribution in [3.05, 3.63) is 29.8 Å². The molecule has 86 valence electrons. The summed E-state index contributed by atoms with van der Waals surface area (Å²) in [6.07, 6.45) is 0. The normalized spacial score (nSPS) is 9.62. The highest BCUT2D eigenvalue weighted by Crippen LogP contribution is 2.09. The van der Waals surface area contributed by atoms with Gasteiger partial charge in [0.15, 0.2) is 0 Å². The van der Waals surface area contributed by atoms with E-state index in [9.17, 15) is 9.59 Å². The van der Waals surface area contributed by atoms with Gasteiger partial charge in [-0.1, -0.05) is 12.1 Å². The molecule has 0 saturated heterocycles. The first kappa shape index (κ1) is 12.5. The molecule has 0 radical (unpaired) electrons. The highest BCUT2D eigenvalue weighted by atomic mass is 35.5. The molecular weight excluding hydrogens is 228 g/mol. The van der Waals surface area contributed by atoms with Crippen molar-refractivity contribution >= 4 is 29.1 Å². The Morgan fingerprint density at radius 1 is 1.25 bits per heavy atom. The molecule has 0 aliphatic rings. The van der Waals surface area contributed by atoms with Gasteiger partial charge in [-0.05, 0) is 17.7 Å². The number of alkyl halides is 1. The molecule has 0 spiro atoms. The van der Waals surface area contributed by atoms with Crippen LogP contribution >= 0.6 is 11.6 Å². The highest BCUT2D eigenvalue weighted by molar-refractivity contribution is 6.29. The van der Waals surface area contributed by atoms with Crippen LogP contribution in [-0.2, 0) is 16.1 Å². The monoisotopic (exact) mass is 240 g/mol. The lowest BCUT2D eigenvalue weighted by molar-refractivity contribution is -0.119. The molecule has 5 heteroatoms. The van der Waals surface area contributed by atoms with Gasteiger partial charge in [0.05, 0.1) is 0 Å². The van der Waals surface area contributed by atoms with Crippen LogP contribution in [-0.4, -0.2) is 17.7 Å². The van der Waals surface area contributed by atoms with Gasteiger partial charge >= 0.3 is 0 Å². The Balaban J connectivity index is 2.54. The molecule has 1 rings (SSSR count). The van der Waals surface area contributed by atoms with Gasteiger partial charge in [-0.25, -0.2) is 0 Å². The molecule has 2 N–H and O–H groups in total. The Bertz CT molecular complexity index is 376. The number of carbonyl (C=O) groups is 2. The molecule has 1 aromatic carbocycles. The number of halogens is 1. The molecular formula is C11H13ClN2O2. The van der Waals surface area contributed by atoms with Gasteiger partial charge in [0.1, 0.15) is 5.88 Å². The Hall–Kier alpha value is -1.55. The third-order valence-corrected chi connectivity index (χ3v) is 2.14. The summed E-state index contributed by atoms with van der Waals surface area (Å²) in [5.74, 6) is -0.371. The molecule has 0 unspecified atom stereocenters. The topological polar surface area (TPSA) is 58.2 Å². The first-order valence-corrected chi connectivity index (χ1v) is 5.34. The fraction of sp³-hybridized carbons (Fsp3) is 0.273. The van der Waals surface area contributed by atoms with E-state index in [4.69, 9.17) is 11.6 Å². The standard InChI is InChI=1S/C11H13ClN2O2/c1-8(15)13-7-9-2-4-10(5-3-9)14-11(16)6-12/h2-5H,6-7H2,1H3,(H,13,15)(H,14,16). The third kappa shape index (κ3) is 4.31. The van der Waals surface area contributed by atoms with Gasteiger partial charge in [0, 0.05) is 19.2 Å². The minimum Gasteiger partial charge on any atom is -0.352 e. The molecule has 4 nitrogen and oxygen atoms in total. The molecule has 0 aliphatic heterocycles. The van der Waals surface area contributed by atoms with Crippen LogP contribution in [0.3, 0.4) is 0 Å². The van der Waals surface area contributed by atoms with Crippen molar-refractivity contribution in [1.82, 2.24) is 5.32 Å². The predicted octanol–water partition coefficient (Wildman–Crippen LogP) is 1.50. The van der Waals surface area contributed by atoms with E-state index in [0.29, 0.717) is 12.2 Å². The van der Waals surface area contributed by atoms with E-state index in [1.165, 1.54) is 6.92 Å². The van der Waals surface area contributed by atoms with Gasteiger partial charge < -0.3 is 10.6 Å². The highest BCUT2D eigenvalue weighted by Gasteiger charge is 2.00. The van der Waals surface area contributed by atoms with Gasteiger partial charge in [0.25, 0.3) is 0 Å². The van der Waals surface area contributed by atoms with E-state index in [-0.39, 0.29) is 17.7 Å². The van der Waals surface area contributed by atoms with E-state index in [1.54, 1.807) is 12.1 Å². The SMILES string of the molecule is CC(=O)NCc1ccc(NC(=O)CCl)cc1. The van der Waals surface area contributed by atoms with Crippen molar-refractivity contribution in [2.24, 2.45) is 0 Å². The maximum absolute atomic E-state index is 11.0. The van der Waals surface area contributed by atoms with Crippen LogP contribution in [0.25, 0.3) is 0 Å². The number of anilines is 1. The van der Waals surface area contributed by atoms with E-state index in [2.05, 4.69) is 10.6 Å². The summed E-state index contributed by atoms with van der Waals surface area (Å²) in [6, 6.07) is 7.20. The second-order valence-electron chi connectivity index (χ2n) is 3.29. The van der Waals surface area contributed by atoms with Crippen LogP contribution in [0.15, 0.2) is 24.3 Å². The van der Waals surface area contributed by atoms with E-state index in [0.717, 1.165) is 5.56 Å². The fourth-order valence-corrected chi connectivity index (χ4v) is 1.19. The second-order valence-corrected chi connectivity index (χ2v) is 3.56. The van der Waals surface area contributed by atoms with E-state index < -0.39 is 0 Å². The molecule has 0 atom stereocenters. The quantitative estimate of drug-likeness (QED) is 0.784. The average molecular weight is 241 g/mol. The summed E-state index contributed by atoms with van der Waals surface area (Å²) in [7, 11) is 0. The van der Waals surface area contributed by atoms with E-state index in [1.807, 2.05) is 12.1 Å². The minimum atomic E-state index is -0.240. The number of benzene rings is 1. The maximum Gasteiger partial charge on any atom is 0.239 e. The van der Waals surface area contributed by atoms with Crippen LogP contribution in [0.5, 0.6) is 0 Å². The second kappa shape index (κ2) is 6.12. The summed E-state index contributed by atoms with van der Waals surface area (Å²) in [5, 5.41) is 5.31. The number of hydrogen-bond acceptors (Lipinski definition) is 2. The predicted molar refractivity (Wildman–Crippen MR) is 63.3 cm³/mol. The first-order chi connectivity index (χ1) is 7.61. The van der Waals surface area contributed by atoms with Crippen molar-refractivity contribution < 1.29 is 9.59 Å². The van der Waals surface area contributed by atoms with Gasteiger partial charge in [-0.15, -0.1) is 11.6 Å². The fourth-order valence-electron chi connectivity index (χ4n) is 1.13. The van der Waals surface area contributed by atoms with Crippen molar-refractivity contribution in [3.8, 4) is 0 Å². The van der Waals surface area contributed by atoms with Crippen LogP contribution in [0.1, 0.15) is 12.5 Å². The molecule has 0 heterocycles. The van der Waals surface area contributed by atoms with Crippen molar-refractivity contribution in [1.29, 1.82) is 0 Å². The lowest BCUT2D eigenvalue weighted by Gasteiger charge is -2.05. The lowest BCUT2D eigenvalue weighted by Crippen LogP contribution is -2.18. The molecule has 0 bridgehead atoms. The average Bonchev–Trinajstić information content (AvgIpc) is 2.28. The largest absolute Gasteiger partial charge is 0.352 e. The number of carbonyl (C=O) groups excluding carboxylic acids is 2. The molecule has 2 amide bonds. The van der Waals surface area contributed by atoms with Crippen LogP contribution in [0.4, 0.5) is 5.69 Å². The summed E-state index contributed by atoms with van der Waals surface area (Å²) < 4.78 is 0. The van der Waals surface area contributed by atoms with Crippen LogP contribution < -0.4 is 10.6 Å². The molecule has 0 fully saturated rings. The van der Waals surface area contributed by atoms with Crippen LogP contribution in [0, 0.1) is 0 Å². The van der Waals surface area contributed by atoms with E-state index >= 15 is 0 Å². The van der Waals surface area contributed by atoms with Crippen molar-refractivity contribution in [2.45, 2.75) is 13.5 Å². The summed E-state index contributed by atoms with van der Waals surface area (Å²) in [5.41, 5.74) is 1.66. The summed E-state index contributed by atoms with van der Waals surface area (Å²) in [4.78, 5) is 21.7. The minimum absolute atomic E-state index is 0.0619. The molecule has 0 aliphatic carbocycles. The number of nitrogens with one attached hydrogen (secondary N) is 2. The Morgan fingerprint density at radius 3 is 2.38 bits per heavy atom. The van der Waals surface area contributed by atoms with Gasteiger partial charge in [0.2, 0.25) is 11.8 Å². The van der Waals surface area contributed by atoms with Gasteiger partial charge in [-0.3, -0.25) is 9.59 Å². The zero-order chi connectivity index (χ0) is 12.0. The Kier molecular flexibility index (Phi) is 4.79. The van der Waals surface area contributed by atoms with Crippen LogP contribution in [0.2, 0.25) is 0 Å². The summed E-state index contributed by atoms with van der Waals surface area (Å²) >= 11 is 5.36. The Morgan fingerprint density at radius 2 is 1.88 bits per heavy atom.